The van der Waals surface area contributed by atoms with Crippen LogP contribution in [0.15, 0.2) is 42.6 Å². The third kappa shape index (κ3) is 4.70. The lowest BCUT2D eigenvalue weighted by atomic mass is 10.1. The molecule has 14 heavy (non-hydrogen) atoms. The summed E-state index contributed by atoms with van der Waals surface area (Å²) in [7, 11) is 0. The fourth-order valence-electron chi connectivity index (χ4n) is 1.19. The van der Waals surface area contributed by atoms with Gasteiger partial charge in [0.15, 0.2) is 0 Å². The second kappa shape index (κ2) is 7.19. The zero-order valence-corrected chi connectivity index (χ0v) is 9.67. The topological polar surface area (TPSA) is 12.0 Å². The van der Waals surface area contributed by atoms with E-state index in [4.69, 9.17) is 0 Å². The molecule has 78 valence electrons. The van der Waals surface area contributed by atoms with Gasteiger partial charge >= 0.3 is 0 Å². The first-order valence-corrected chi connectivity index (χ1v) is 5.17. The van der Waals surface area contributed by atoms with Crippen molar-refractivity contribution in [2.75, 3.05) is 0 Å². The van der Waals surface area contributed by atoms with Crippen molar-refractivity contribution < 1.29 is 0 Å². The minimum absolute atomic E-state index is 0.351. The van der Waals surface area contributed by atoms with Crippen molar-refractivity contribution >= 4 is 0 Å². The Morgan fingerprint density at radius 2 is 1.71 bits per heavy atom. The molecule has 1 atom stereocenters. The molecule has 0 spiro atoms. The molecular formula is C13H21N. The van der Waals surface area contributed by atoms with Gasteiger partial charge in [0, 0.05) is 11.7 Å². The van der Waals surface area contributed by atoms with Crippen molar-refractivity contribution in [2.45, 2.75) is 33.7 Å². The summed E-state index contributed by atoms with van der Waals surface area (Å²) >= 11 is 0. The van der Waals surface area contributed by atoms with E-state index in [1.54, 1.807) is 0 Å². The Kier molecular flexibility index (Phi) is 6.55. The van der Waals surface area contributed by atoms with E-state index in [0.29, 0.717) is 6.04 Å². The van der Waals surface area contributed by atoms with Crippen LogP contribution in [0.1, 0.15) is 39.3 Å². The van der Waals surface area contributed by atoms with E-state index in [0.717, 1.165) is 5.70 Å². The number of rotatable bonds is 3. The summed E-state index contributed by atoms with van der Waals surface area (Å²) in [6.07, 6.45) is 0. The molecule has 0 saturated carbocycles. The maximum absolute atomic E-state index is 3.81. The van der Waals surface area contributed by atoms with Crippen LogP contribution in [0.5, 0.6) is 0 Å². The van der Waals surface area contributed by atoms with Crippen LogP contribution in [0.2, 0.25) is 0 Å². The largest absolute Gasteiger partial charge is 0.383 e. The Morgan fingerprint density at radius 1 is 1.21 bits per heavy atom. The highest BCUT2D eigenvalue weighted by molar-refractivity contribution is 5.19. The summed E-state index contributed by atoms with van der Waals surface area (Å²) in [5.74, 6) is 0. The molecule has 1 nitrogen and oxygen atoms in total. The molecule has 1 heteroatoms. The van der Waals surface area contributed by atoms with Crippen molar-refractivity contribution in [1.29, 1.82) is 0 Å². The average molecular weight is 191 g/mol. The van der Waals surface area contributed by atoms with Gasteiger partial charge in [-0.3, -0.25) is 0 Å². The highest BCUT2D eigenvalue weighted by atomic mass is 14.9. The maximum atomic E-state index is 3.81. The van der Waals surface area contributed by atoms with E-state index >= 15 is 0 Å². The zero-order valence-electron chi connectivity index (χ0n) is 9.67. The van der Waals surface area contributed by atoms with Crippen LogP contribution < -0.4 is 5.32 Å². The van der Waals surface area contributed by atoms with E-state index in [1.165, 1.54) is 5.56 Å². The molecule has 0 saturated heterocycles. The second-order valence-corrected chi connectivity index (χ2v) is 3.06. The molecular weight excluding hydrogens is 170 g/mol. The number of nitrogens with one attached hydrogen (secondary N) is 1. The zero-order chi connectivity index (χ0) is 11.0. The third-order valence-electron chi connectivity index (χ3n) is 1.76. The molecule has 1 aromatic carbocycles. The van der Waals surface area contributed by atoms with Crippen molar-refractivity contribution in [3.05, 3.63) is 48.2 Å². The molecule has 0 radical (unpaired) electrons. The fraction of sp³-hybridized carbons (Fsp3) is 0.385. The van der Waals surface area contributed by atoms with Crippen LogP contribution in [0.4, 0.5) is 0 Å². The van der Waals surface area contributed by atoms with E-state index in [9.17, 15) is 0 Å². The van der Waals surface area contributed by atoms with Crippen LogP contribution in [0, 0.1) is 0 Å². The lowest BCUT2D eigenvalue weighted by Crippen LogP contribution is -2.15. The van der Waals surface area contributed by atoms with Crippen molar-refractivity contribution in [3.63, 3.8) is 0 Å². The highest BCUT2D eigenvalue weighted by Crippen LogP contribution is 2.11. The molecule has 0 aromatic heterocycles. The SMILES string of the molecule is C=C(C)NC(C)c1ccccc1.CC. The fourth-order valence-corrected chi connectivity index (χ4v) is 1.19. The van der Waals surface area contributed by atoms with E-state index < -0.39 is 0 Å². The summed E-state index contributed by atoms with van der Waals surface area (Å²) in [4.78, 5) is 0. The minimum Gasteiger partial charge on any atom is -0.383 e. The highest BCUT2D eigenvalue weighted by Gasteiger charge is 2.01. The molecule has 0 amide bonds. The smallest absolute Gasteiger partial charge is 0.0482 e. The first-order valence-electron chi connectivity index (χ1n) is 5.17. The molecule has 0 heterocycles. The Balaban J connectivity index is 0.000000791. The van der Waals surface area contributed by atoms with Gasteiger partial charge in [0.2, 0.25) is 0 Å². The molecule has 1 unspecified atom stereocenters. The van der Waals surface area contributed by atoms with E-state index in [2.05, 4.69) is 31.0 Å². The van der Waals surface area contributed by atoms with Gasteiger partial charge in [0.05, 0.1) is 0 Å². The maximum Gasteiger partial charge on any atom is 0.0482 e. The molecule has 0 bridgehead atoms. The predicted octanol–water partition coefficient (Wildman–Crippen LogP) is 3.90. The molecule has 0 fully saturated rings. The minimum atomic E-state index is 0.351. The van der Waals surface area contributed by atoms with Gasteiger partial charge in [-0.15, -0.1) is 0 Å². The van der Waals surface area contributed by atoms with Crippen LogP contribution in [0.25, 0.3) is 0 Å². The first-order chi connectivity index (χ1) is 6.70. The third-order valence-corrected chi connectivity index (χ3v) is 1.76. The summed E-state index contributed by atoms with van der Waals surface area (Å²) in [6, 6.07) is 10.7. The number of benzene rings is 1. The van der Waals surface area contributed by atoms with E-state index in [-0.39, 0.29) is 0 Å². The quantitative estimate of drug-likeness (QED) is 0.764. The normalized spacial score (nSPS) is 10.9. The van der Waals surface area contributed by atoms with E-state index in [1.807, 2.05) is 39.0 Å². The molecule has 0 aliphatic rings. The Morgan fingerprint density at radius 3 is 2.14 bits per heavy atom. The van der Waals surface area contributed by atoms with Gasteiger partial charge in [0.25, 0.3) is 0 Å². The summed E-state index contributed by atoms with van der Waals surface area (Å²) < 4.78 is 0. The van der Waals surface area contributed by atoms with Gasteiger partial charge in [-0.1, -0.05) is 50.8 Å². The molecule has 0 aliphatic heterocycles. The van der Waals surface area contributed by atoms with Gasteiger partial charge in [0.1, 0.15) is 0 Å². The standard InChI is InChI=1S/C11H15N.C2H6/c1-9(2)12-10(3)11-7-5-4-6-8-11;1-2/h4-8,10,12H,1H2,2-3H3;1-2H3. The molecule has 1 rings (SSSR count). The van der Waals surface area contributed by atoms with Gasteiger partial charge in [-0.05, 0) is 19.4 Å². The van der Waals surface area contributed by atoms with Crippen LogP contribution >= 0.6 is 0 Å². The average Bonchev–Trinajstić information content (AvgIpc) is 2.21. The van der Waals surface area contributed by atoms with Gasteiger partial charge < -0.3 is 5.32 Å². The Hall–Kier alpha value is -1.24. The van der Waals surface area contributed by atoms with Crippen molar-refractivity contribution in [2.24, 2.45) is 0 Å². The summed E-state index contributed by atoms with van der Waals surface area (Å²) in [5.41, 5.74) is 2.30. The van der Waals surface area contributed by atoms with Gasteiger partial charge in [-0.2, -0.15) is 0 Å². The van der Waals surface area contributed by atoms with Crippen LogP contribution in [-0.2, 0) is 0 Å². The summed E-state index contributed by atoms with van der Waals surface area (Å²) in [5, 5.41) is 3.26. The van der Waals surface area contributed by atoms with Crippen molar-refractivity contribution in [3.8, 4) is 0 Å². The molecule has 0 aliphatic carbocycles. The van der Waals surface area contributed by atoms with Crippen molar-refractivity contribution in [1.82, 2.24) is 5.32 Å². The second-order valence-electron chi connectivity index (χ2n) is 3.06. The monoisotopic (exact) mass is 191 g/mol. The molecule has 1 N–H and O–H groups in total. The number of hydrogen-bond acceptors (Lipinski definition) is 1. The van der Waals surface area contributed by atoms with Crippen LogP contribution in [-0.4, -0.2) is 0 Å². The Bertz CT molecular complexity index is 251. The summed E-state index contributed by atoms with van der Waals surface area (Å²) in [6.45, 7) is 11.9. The molecule has 1 aromatic rings. The predicted molar refractivity (Wildman–Crippen MR) is 64.2 cm³/mol. The van der Waals surface area contributed by atoms with Crippen LogP contribution in [0.3, 0.4) is 0 Å². The van der Waals surface area contributed by atoms with Gasteiger partial charge in [-0.25, -0.2) is 0 Å². The lowest BCUT2D eigenvalue weighted by molar-refractivity contribution is 0.656. The Labute approximate surface area is 87.9 Å². The number of allylic oxidation sites excluding steroid dienone is 1. The lowest BCUT2D eigenvalue weighted by Gasteiger charge is -2.14. The number of hydrogen-bond donors (Lipinski definition) is 1. The first kappa shape index (κ1) is 12.8.